The molecule has 7 heteroatoms. The monoisotopic (exact) mass is 459 g/mol. The van der Waals surface area contributed by atoms with Crippen molar-refractivity contribution in [1.29, 1.82) is 0 Å². The molecule has 0 aliphatic heterocycles. The molecule has 3 aromatic rings. The van der Waals surface area contributed by atoms with Gasteiger partial charge in [-0.25, -0.2) is 0 Å². The fourth-order valence-corrected chi connectivity index (χ4v) is 3.44. The molecule has 0 radical (unpaired) electrons. The number of anilines is 1. The van der Waals surface area contributed by atoms with Gasteiger partial charge in [0.05, 0.1) is 6.54 Å². The number of benzene rings is 2. The second-order valence-electron chi connectivity index (χ2n) is 8.78. The Morgan fingerprint density at radius 3 is 2.42 bits per heavy atom. The summed E-state index contributed by atoms with van der Waals surface area (Å²) in [7, 11) is 0. The molecule has 0 saturated heterocycles. The summed E-state index contributed by atoms with van der Waals surface area (Å²) in [6.07, 6.45) is 0.426. The third kappa shape index (κ3) is 7.01. The number of aromatic nitrogens is 2. The lowest BCUT2D eigenvalue weighted by Crippen LogP contribution is -2.20. The molecular weight excluding hydrogens is 433 g/mol. The van der Waals surface area contributed by atoms with E-state index in [1.54, 1.807) is 6.07 Å². The van der Waals surface area contributed by atoms with Crippen molar-refractivity contribution in [2.75, 3.05) is 5.32 Å². The first-order valence-electron chi connectivity index (χ1n) is 10.1. The Balaban J connectivity index is 1.73. The Labute approximate surface area is 193 Å². The van der Waals surface area contributed by atoms with Crippen LogP contribution in [0.25, 0.3) is 0 Å². The number of amides is 1. The molecule has 0 aliphatic rings. The summed E-state index contributed by atoms with van der Waals surface area (Å²) in [4.78, 5) is 12.2. The summed E-state index contributed by atoms with van der Waals surface area (Å²) >= 11 is 12.2. The van der Waals surface area contributed by atoms with Gasteiger partial charge in [-0.05, 0) is 48.2 Å². The lowest BCUT2D eigenvalue weighted by molar-refractivity contribution is -0.117. The average Bonchev–Trinajstić information content (AvgIpc) is 2.99. The van der Waals surface area contributed by atoms with Gasteiger partial charge in [-0.1, -0.05) is 56.1 Å². The zero-order valence-corrected chi connectivity index (χ0v) is 19.7. The lowest BCUT2D eigenvalue weighted by Gasteiger charge is -2.16. The van der Waals surface area contributed by atoms with E-state index in [0.717, 1.165) is 22.6 Å². The van der Waals surface area contributed by atoms with E-state index in [2.05, 4.69) is 10.4 Å². The maximum absolute atomic E-state index is 12.2. The van der Waals surface area contributed by atoms with Crippen LogP contribution < -0.4 is 10.1 Å². The Bertz CT molecular complexity index is 1050. The number of ether oxygens (including phenoxy) is 1. The Kier molecular flexibility index (Phi) is 7.29. The molecule has 0 spiro atoms. The quantitative estimate of drug-likeness (QED) is 0.438. The standard InChI is InChI=1S/C24H27Cl2N3O2/c1-16-11-22(27-23(30)13-24(2,3)4)28-29(16)14-18-12-20(26)9-10-21(18)31-15-17-5-7-19(25)8-6-17/h5-12H,13-15H2,1-4H3,(H,27,28,30). The van der Waals surface area contributed by atoms with Crippen molar-refractivity contribution in [3.05, 3.63) is 75.4 Å². The van der Waals surface area contributed by atoms with Crippen LogP contribution in [0.4, 0.5) is 5.82 Å². The van der Waals surface area contributed by atoms with Crippen LogP contribution >= 0.6 is 23.2 Å². The molecule has 1 amide bonds. The largest absolute Gasteiger partial charge is 0.489 e. The van der Waals surface area contributed by atoms with E-state index in [1.165, 1.54) is 0 Å². The predicted molar refractivity (Wildman–Crippen MR) is 126 cm³/mol. The first kappa shape index (κ1) is 23.2. The topological polar surface area (TPSA) is 56.2 Å². The molecule has 164 valence electrons. The maximum atomic E-state index is 12.2. The van der Waals surface area contributed by atoms with E-state index in [1.807, 2.05) is 74.8 Å². The maximum Gasteiger partial charge on any atom is 0.226 e. The van der Waals surface area contributed by atoms with Gasteiger partial charge in [0.2, 0.25) is 5.91 Å². The van der Waals surface area contributed by atoms with Crippen LogP contribution in [-0.2, 0) is 17.9 Å². The molecule has 0 fully saturated rings. The van der Waals surface area contributed by atoms with Gasteiger partial charge in [0, 0.05) is 33.8 Å². The van der Waals surface area contributed by atoms with E-state index in [0.29, 0.717) is 35.4 Å². The Morgan fingerprint density at radius 2 is 1.74 bits per heavy atom. The second-order valence-corrected chi connectivity index (χ2v) is 9.65. The first-order chi connectivity index (χ1) is 14.6. The number of carbonyl (C=O) groups is 1. The Hall–Kier alpha value is -2.50. The Morgan fingerprint density at radius 1 is 1.06 bits per heavy atom. The van der Waals surface area contributed by atoms with Crippen LogP contribution in [0.5, 0.6) is 5.75 Å². The van der Waals surface area contributed by atoms with Crippen molar-refractivity contribution in [1.82, 2.24) is 9.78 Å². The third-order valence-corrected chi connectivity index (χ3v) is 5.08. The van der Waals surface area contributed by atoms with Gasteiger partial charge in [0.15, 0.2) is 5.82 Å². The van der Waals surface area contributed by atoms with Crippen molar-refractivity contribution in [2.24, 2.45) is 5.41 Å². The fourth-order valence-electron chi connectivity index (χ4n) is 3.12. The van der Waals surface area contributed by atoms with Gasteiger partial charge in [0.1, 0.15) is 12.4 Å². The molecule has 3 rings (SSSR count). The predicted octanol–water partition coefficient (Wildman–Crippen LogP) is 6.50. The number of rotatable bonds is 7. The fraction of sp³-hybridized carbons (Fsp3) is 0.333. The molecule has 2 aromatic carbocycles. The van der Waals surface area contributed by atoms with Crippen LogP contribution in [0.1, 0.15) is 44.0 Å². The molecule has 5 nitrogen and oxygen atoms in total. The van der Waals surface area contributed by atoms with Crippen LogP contribution in [0, 0.1) is 12.3 Å². The summed E-state index contributed by atoms with van der Waals surface area (Å²) in [5.41, 5.74) is 2.76. The van der Waals surface area contributed by atoms with Gasteiger partial charge < -0.3 is 10.1 Å². The van der Waals surface area contributed by atoms with Gasteiger partial charge in [-0.3, -0.25) is 9.48 Å². The molecule has 0 aliphatic carbocycles. The number of aryl methyl sites for hydroxylation is 1. The highest BCUT2D eigenvalue weighted by Crippen LogP contribution is 2.26. The normalized spacial score (nSPS) is 11.4. The van der Waals surface area contributed by atoms with Gasteiger partial charge in [-0.15, -0.1) is 0 Å². The zero-order chi connectivity index (χ0) is 22.6. The van der Waals surface area contributed by atoms with Gasteiger partial charge in [0.25, 0.3) is 0 Å². The summed E-state index contributed by atoms with van der Waals surface area (Å²) in [6, 6.07) is 14.9. The summed E-state index contributed by atoms with van der Waals surface area (Å²) in [6.45, 7) is 8.92. The molecule has 1 N–H and O–H groups in total. The molecule has 1 aromatic heterocycles. The van der Waals surface area contributed by atoms with Crippen molar-refractivity contribution < 1.29 is 9.53 Å². The van der Waals surface area contributed by atoms with Crippen LogP contribution in [0.2, 0.25) is 10.0 Å². The highest BCUT2D eigenvalue weighted by Gasteiger charge is 2.17. The number of hydrogen-bond donors (Lipinski definition) is 1. The minimum Gasteiger partial charge on any atom is -0.489 e. The number of hydrogen-bond acceptors (Lipinski definition) is 3. The van der Waals surface area contributed by atoms with Gasteiger partial charge >= 0.3 is 0 Å². The number of carbonyl (C=O) groups excluding carboxylic acids is 1. The highest BCUT2D eigenvalue weighted by atomic mass is 35.5. The van der Waals surface area contributed by atoms with E-state index in [9.17, 15) is 4.79 Å². The molecule has 31 heavy (non-hydrogen) atoms. The highest BCUT2D eigenvalue weighted by molar-refractivity contribution is 6.30. The van der Waals surface area contributed by atoms with E-state index in [-0.39, 0.29) is 11.3 Å². The van der Waals surface area contributed by atoms with Crippen molar-refractivity contribution in [2.45, 2.75) is 47.3 Å². The summed E-state index contributed by atoms with van der Waals surface area (Å²) < 4.78 is 7.87. The SMILES string of the molecule is Cc1cc(NC(=O)CC(C)(C)C)nn1Cc1cc(Cl)ccc1OCc1ccc(Cl)cc1. The minimum absolute atomic E-state index is 0.0492. The molecule has 1 heterocycles. The van der Waals surface area contributed by atoms with Gasteiger partial charge in [-0.2, -0.15) is 5.10 Å². The molecule has 0 bridgehead atoms. The molecule has 0 unspecified atom stereocenters. The summed E-state index contributed by atoms with van der Waals surface area (Å²) in [5.74, 6) is 1.22. The molecule has 0 atom stereocenters. The second kappa shape index (κ2) is 9.75. The summed E-state index contributed by atoms with van der Waals surface area (Å²) in [5, 5.41) is 8.74. The van der Waals surface area contributed by atoms with Crippen LogP contribution in [-0.4, -0.2) is 15.7 Å². The first-order valence-corrected chi connectivity index (χ1v) is 10.8. The number of nitrogens with zero attached hydrogens (tertiary/aromatic N) is 2. The molecule has 0 saturated carbocycles. The van der Waals surface area contributed by atoms with E-state index in [4.69, 9.17) is 27.9 Å². The van der Waals surface area contributed by atoms with E-state index >= 15 is 0 Å². The lowest BCUT2D eigenvalue weighted by atomic mass is 9.92. The van der Waals surface area contributed by atoms with Crippen molar-refractivity contribution in [3.63, 3.8) is 0 Å². The van der Waals surface area contributed by atoms with Crippen molar-refractivity contribution >= 4 is 34.9 Å². The number of halogens is 2. The van der Waals surface area contributed by atoms with Crippen LogP contribution in [0.3, 0.4) is 0 Å². The third-order valence-electron chi connectivity index (χ3n) is 4.59. The smallest absolute Gasteiger partial charge is 0.226 e. The van der Waals surface area contributed by atoms with Crippen molar-refractivity contribution in [3.8, 4) is 5.75 Å². The molecular formula is C24H27Cl2N3O2. The minimum atomic E-state index is -0.0845. The zero-order valence-electron chi connectivity index (χ0n) is 18.2. The average molecular weight is 460 g/mol. The number of nitrogens with one attached hydrogen (secondary N) is 1. The van der Waals surface area contributed by atoms with Crippen LogP contribution in [0.15, 0.2) is 48.5 Å². The van der Waals surface area contributed by atoms with E-state index < -0.39 is 0 Å².